The molecule has 0 spiro atoms. The van der Waals surface area contributed by atoms with Crippen LogP contribution < -0.4 is 0 Å². The van der Waals surface area contributed by atoms with Crippen molar-refractivity contribution < 1.29 is 33.4 Å². The molecule has 0 N–H and O–H groups in total. The largest absolute Gasteiger partial charge is 0.466 e. The second-order valence-corrected chi connectivity index (χ2v) is 7.19. The fourth-order valence-corrected chi connectivity index (χ4v) is 4.87. The predicted octanol–water partition coefficient (Wildman–Crippen LogP) is 1.24. The van der Waals surface area contributed by atoms with Crippen molar-refractivity contribution >= 4 is 24.0 Å². The van der Waals surface area contributed by atoms with E-state index in [0.29, 0.717) is 6.42 Å². The first-order valence-corrected chi connectivity index (χ1v) is 9.02. The SMILES string of the molecule is CCOC(=O)[C@H]1[C@@H](OC(C)=O)C[C@@H]2O[C@@H](C)C(=O)[C@@H]3CC=C[C@@H]1[C@]23C=O. The third-order valence-corrected chi connectivity index (χ3v) is 5.88. The van der Waals surface area contributed by atoms with Gasteiger partial charge in [0.05, 0.1) is 18.1 Å². The van der Waals surface area contributed by atoms with Gasteiger partial charge in [0, 0.05) is 25.2 Å². The molecule has 0 radical (unpaired) electrons. The first-order valence-electron chi connectivity index (χ1n) is 9.02. The van der Waals surface area contributed by atoms with E-state index in [1.54, 1.807) is 19.9 Å². The Bertz CT molecular complexity index is 654. The number of allylic oxidation sites excluding steroid dienone is 2. The van der Waals surface area contributed by atoms with Gasteiger partial charge in [0.2, 0.25) is 0 Å². The normalized spacial score (nSPS) is 41.1. The molecule has 1 saturated heterocycles. The zero-order valence-corrected chi connectivity index (χ0v) is 15.2. The van der Waals surface area contributed by atoms with Gasteiger partial charge in [-0.25, -0.2) is 0 Å². The minimum absolute atomic E-state index is 0.128. The van der Waals surface area contributed by atoms with Crippen LogP contribution in [0.5, 0.6) is 0 Å². The Morgan fingerprint density at radius 3 is 2.77 bits per heavy atom. The van der Waals surface area contributed by atoms with Gasteiger partial charge in [0.1, 0.15) is 24.4 Å². The van der Waals surface area contributed by atoms with Gasteiger partial charge >= 0.3 is 11.9 Å². The van der Waals surface area contributed by atoms with Crippen molar-refractivity contribution in [3.8, 4) is 0 Å². The highest BCUT2D eigenvalue weighted by Crippen LogP contribution is 2.57. The summed E-state index contributed by atoms with van der Waals surface area (Å²) in [5.74, 6) is -3.17. The zero-order chi connectivity index (χ0) is 19.1. The maximum Gasteiger partial charge on any atom is 0.313 e. The smallest absolute Gasteiger partial charge is 0.313 e. The van der Waals surface area contributed by atoms with Crippen molar-refractivity contribution in [2.45, 2.75) is 51.9 Å². The van der Waals surface area contributed by atoms with Gasteiger partial charge in [-0.15, -0.1) is 0 Å². The van der Waals surface area contributed by atoms with Gasteiger partial charge in [-0.3, -0.25) is 14.4 Å². The lowest BCUT2D eigenvalue weighted by atomic mass is 9.50. The molecule has 2 fully saturated rings. The molecule has 0 aromatic rings. The van der Waals surface area contributed by atoms with E-state index in [4.69, 9.17) is 14.2 Å². The Balaban J connectivity index is 2.09. The Morgan fingerprint density at radius 2 is 2.15 bits per heavy atom. The van der Waals surface area contributed by atoms with Gasteiger partial charge < -0.3 is 19.0 Å². The van der Waals surface area contributed by atoms with E-state index >= 15 is 0 Å². The van der Waals surface area contributed by atoms with Crippen molar-refractivity contribution in [3.05, 3.63) is 12.2 Å². The molecule has 3 aliphatic rings. The van der Waals surface area contributed by atoms with Crippen LogP contribution in [0.3, 0.4) is 0 Å². The molecule has 0 bridgehead atoms. The summed E-state index contributed by atoms with van der Waals surface area (Å²) in [4.78, 5) is 49.3. The van der Waals surface area contributed by atoms with E-state index in [9.17, 15) is 19.2 Å². The number of carbonyl (C=O) groups excluding carboxylic acids is 4. The Hall–Kier alpha value is -2.02. The van der Waals surface area contributed by atoms with Gasteiger partial charge in [-0.2, -0.15) is 0 Å². The lowest BCUT2D eigenvalue weighted by molar-refractivity contribution is -0.218. The van der Waals surface area contributed by atoms with Crippen LogP contribution in [0.4, 0.5) is 0 Å². The summed E-state index contributed by atoms with van der Waals surface area (Å²) in [7, 11) is 0. The summed E-state index contributed by atoms with van der Waals surface area (Å²) in [6.07, 6.45) is 3.00. The lowest BCUT2D eigenvalue weighted by Crippen LogP contribution is -2.67. The maximum absolute atomic E-state index is 12.7. The number of Topliss-reactive ketones (excluding diaryl/α,β-unsaturated/α-hetero) is 1. The van der Waals surface area contributed by atoms with E-state index < -0.39 is 53.4 Å². The third-order valence-electron chi connectivity index (χ3n) is 5.88. The molecule has 1 aliphatic heterocycles. The number of ether oxygens (including phenoxy) is 3. The van der Waals surface area contributed by atoms with Gasteiger partial charge in [-0.05, 0) is 20.3 Å². The highest BCUT2D eigenvalue weighted by Gasteiger charge is 2.66. The van der Waals surface area contributed by atoms with E-state index in [2.05, 4.69) is 0 Å². The Kier molecular flexibility index (Phi) is 5.01. The first-order chi connectivity index (χ1) is 12.4. The van der Waals surface area contributed by atoms with Gasteiger partial charge in [0.25, 0.3) is 0 Å². The zero-order valence-electron chi connectivity index (χ0n) is 15.2. The molecule has 0 aromatic heterocycles. The third kappa shape index (κ3) is 2.69. The summed E-state index contributed by atoms with van der Waals surface area (Å²) in [6.45, 7) is 4.81. The molecular weight excluding hydrogens is 340 g/mol. The summed E-state index contributed by atoms with van der Waals surface area (Å²) in [5, 5.41) is 0. The molecule has 7 nitrogen and oxygen atoms in total. The Morgan fingerprint density at radius 1 is 1.42 bits per heavy atom. The first kappa shape index (κ1) is 18.8. The molecule has 7 atom stereocenters. The molecule has 7 heteroatoms. The van der Waals surface area contributed by atoms with E-state index in [-0.39, 0.29) is 18.8 Å². The average molecular weight is 364 g/mol. The quantitative estimate of drug-likeness (QED) is 0.421. The summed E-state index contributed by atoms with van der Waals surface area (Å²) >= 11 is 0. The standard InChI is InChI=1S/C19H24O7/c1-4-24-18(23)16-12-6-5-7-13-17(22)10(2)25-15(19(12,13)9-20)8-14(16)26-11(3)21/h5-6,9-10,12-16H,4,7-8H2,1-3H3/t10-,12-,13-,14-,15-,16+,19-/m0/s1. The summed E-state index contributed by atoms with van der Waals surface area (Å²) in [6, 6.07) is 0. The van der Waals surface area contributed by atoms with Gasteiger partial charge in [0.15, 0.2) is 5.78 Å². The highest BCUT2D eigenvalue weighted by molar-refractivity contribution is 5.91. The second-order valence-electron chi connectivity index (χ2n) is 7.19. The van der Waals surface area contributed by atoms with Crippen molar-refractivity contribution in [2.75, 3.05) is 6.61 Å². The highest BCUT2D eigenvalue weighted by atomic mass is 16.6. The molecule has 0 aromatic carbocycles. The van der Waals surface area contributed by atoms with Crippen molar-refractivity contribution in [1.29, 1.82) is 0 Å². The van der Waals surface area contributed by atoms with Crippen molar-refractivity contribution in [2.24, 2.45) is 23.2 Å². The fourth-order valence-electron chi connectivity index (χ4n) is 4.87. The van der Waals surface area contributed by atoms with Crippen LogP contribution in [-0.4, -0.2) is 48.9 Å². The number of carbonyl (C=O) groups is 4. The number of aldehydes is 1. The van der Waals surface area contributed by atoms with Crippen LogP contribution in [0.2, 0.25) is 0 Å². The lowest BCUT2D eigenvalue weighted by Gasteiger charge is -2.57. The minimum Gasteiger partial charge on any atom is -0.466 e. The molecule has 0 amide bonds. The molecule has 3 rings (SSSR count). The molecule has 142 valence electrons. The predicted molar refractivity (Wildman–Crippen MR) is 88.9 cm³/mol. The number of hydrogen-bond donors (Lipinski definition) is 0. The summed E-state index contributed by atoms with van der Waals surface area (Å²) in [5.41, 5.74) is -1.13. The monoisotopic (exact) mass is 364 g/mol. The topological polar surface area (TPSA) is 96.0 Å². The van der Waals surface area contributed by atoms with E-state index in [0.717, 1.165) is 6.29 Å². The van der Waals surface area contributed by atoms with Crippen LogP contribution >= 0.6 is 0 Å². The van der Waals surface area contributed by atoms with Crippen molar-refractivity contribution in [3.63, 3.8) is 0 Å². The van der Waals surface area contributed by atoms with Crippen LogP contribution in [0, 0.1) is 23.2 Å². The molecule has 26 heavy (non-hydrogen) atoms. The van der Waals surface area contributed by atoms with Crippen LogP contribution in [0.25, 0.3) is 0 Å². The number of esters is 2. The maximum atomic E-state index is 12.7. The second kappa shape index (κ2) is 6.95. The number of hydrogen-bond acceptors (Lipinski definition) is 7. The molecule has 2 aliphatic carbocycles. The fraction of sp³-hybridized carbons (Fsp3) is 0.684. The van der Waals surface area contributed by atoms with Crippen molar-refractivity contribution in [1.82, 2.24) is 0 Å². The van der Waals surface area contributed by atoms with Crippen LogP contribution in [0.1, 0.15) is 33.6 Å². The van der Waals surface area contributed by atoms with E-state index in [1.807, 2.05) is 6.08 Å². The van der Waals surface area contributed by atoms with Crippen LogP contribution in [0.15, 0.2) is 12.2 Å². The molecular formula is C19H24O7. The molecule has 1 saturated carbocycles. The summed E-state index contributed by atoms with van der Waals surface area (Å²) < 4.78 is 16.5. The number of rotatable bonds is 4. The number of ketones is 1. The average Bonchev–Trinajstić information content (AvgIpc) is 2.59. The van der Waals surface area contributed by atoms with E-state index in [1.165, 1.54) is 6.92 Å². The van der Waals surface area contributed by atoms with Gasteiger partial charge in [-0.1, -0.05) is 12.2 Å². The molecule has 0 unspecified atom stereocenters. The minimum atomic E-state index is -1.13. The Labute approximate surface area is 152 Å². The molecule has 1 heterocycles. The van der Waals surface area contributed by atoms with Crippen LogP contribution in [-0.2, 0) is 33.4 Å².